The van der Waals surface area contributed by atoms with Crippen LogP contribution in [0, 0.1) is 0 Å². The van der Waals surface area contributed by atoms with Crippen molar-refractivity contribution in [1.29, 1.82) is 0 Å². The summed E-state index contributed by atoms with van der Waals surface area (Å²) in [5.41, 5.74) is 0.584. The van der Waals surface area contributed by atoms with Crippen molar-refractivity contribution in [2.24, 2.45) is 0 Å². The molecule has 1 unspecified atom stereocenters. The normalized spacial score (nSPS) is 16.6. The Morgan fingerprint density at radius 2 is 1.37 bits per heavy atom. The number of imidazole rings is 1. The molecule has 276 valence electrons. The molecule has 0 bridgehead atoms. The van der Waals surface area contributed by atoms with Crippen LogP contribution in [-0.2, 0) is 18.4 Å². The SMILES string of the molecule is CO[C@H](COP(=O)(CP(=O)(Oc1ccccc1)Oc1ccccc1)Oc1ccccc1)[C@@H](O)[C@@H](O)n1cnc2c(N(C)C3CCCC3)nc(Cl)nc21. The number of anilines is 1. The summed E-state index contributed by atoms with van der Waals surface area (Å²) in [6.07, 6.45) is 0.910. The smallest absolute Gasteiger partial charge is 0.424 e. The molecule has 4 atom stereocenters. The van der Waals surface area contributed by atoms with E-state index in [0.29, 0.717) is 11.3 Å². The Bertz CT molecular complexity index is 1960. The van der Waals surface area contributed by atoms with Crippen LogP contribution in [0.1, 0.15) is 31.9 Å². The lowest BCUT2D eigenvalue weighted by atomic mass is 10.2. The zero-order valence-corrected chi connectivity index (χ0v) is 31.1. The number of aliphatic hydroxyl groups excluding tert-OH is 2. The van der Waals surface area contributed by atoms with Gasteiger partial charge in [-0.2, -0.15) is 9.97 Å². The van der Waals surface area contributed by atoms with Crippen LogP contribution in [0.5, 0.6) is 17.2 Å². The summed E-state index contributed by atoms with van der Waals surface area (Å²) in [7, 11) is -5.59. The topological polar surface area (TPSA) is 168 Å². The van der Waals surface area contributed by atoms with E-state index >= 15 is 0 Å². The number of hydrogen-bond donors (Lipinski definition) is 2. The van der Waals surface area contributed by atoms with E-state index in [1.165, 1.54) is 18.0 Å². The molecular formula is C35H40ClN5O9P2. The lowest BCUT2D eigenvalue weighted by molar-refractivity contribution is -0.113. The first-order chi connectivity index (χ1) is 25.1. The number of halogens is 1. The summed E-state index contributed by atoms with van der Waals surface area (Å²) in [6, 6.07) is 25.0. The van der Waals surface area contributed by atoms with E-state index in [1.807, 2.05) is 11.9 Å². The number of aliphatic hydroxyl groups is 2. The van der Waals surface area contributed by atoms with Crippen molar-refractivity contribution in [2.45, 2.75) is 50.2 Å². The summed E-state index contributed by atoms with van der Waals surface area (Å²) in [4.78, 5) is 15.2. The minimum absolute atomic E-state index is 0.0544. The molecule has 2 N–H and O–H groups in total. The number of hydrogen-bond acceptors (Lipinski definition) is 13. The van der Waals surface area contributed by atoms with Gasteiger partial charge in [0.1, 0.15) is 29.5 Å². The molecule has 0 amide bonds. The summed E-state index contributed by atoms with van der Waals surface area (Å²) >= 11 is 6.33. The van der Waals surface area contributed by atoms with Crippen LogP contribution in [0.25, 0.3) is 11.2 Å². The third-order valence-corrected chi connectivity index (χ3v) is 13.6. The molecule has 0 aliphatic heterocycles. The van der Waals surface area contributed by atoms with Crippen molar-refractivity contribution >= 4 is 43.8 Å². The molecule has 2 heterocycles. The van der Waals surface area contributed by atoms with Crippen LogP contribution >= 0.6 is 26.8 Å². The molecule has 6 rings (SSSR count). The number of para-hydroxylation sites is 3. The van der Waals surface area contributed by atoms with Gasteiger partial charge in [-0.1, -0.05) is 67.4 Å². The van der Waals surface area contributed by atoms with Gasteiger partial charge in [0.05, 0.1) is 12.9 Å². The van der Waals surface area contributed by atoms with Gasteiger partial charge in [-0.3, -0.25) is 9.09 Å². The lowest BCUT2D eigenvalue weighted by Crippen LogP contribution is -2.39. The highest BCUT2D eigenvalue weighted by molar-refractivity contribution is 7.72. The number of aromatic nitrogens is 4. The zero-order chi connectivity index (χ0) is 36.7. The van der Waals surface area contributed by atoms with Gasteiger partial charge >= 0.3 is 15.2 Å². The van der Waals surface area contributed by atoms with Gasteiger partial charge in [-0.15, -0.1) is 0 Å². The fourth-order valence-electron chi connectivity index (χ4n) is 5.94. The standard InChI is InChI=1S/C35H40ClN5O9P2/c1-40(25-14-12-13-15-25)32-30-33(39-35(36)38-32)41(23-37-30)34(43)31(42)29(46-2)22-47-51(44,48-26-16-6-3-7-17-26)24-52(45,49-27-18-8-4-9-19-27)50-28-20-10-5-11-21-28/h3-11,16-21,23,25,29,31,34,42-43H,12-15,22,24H2,1-2H3/t29-,31-,34-,51?/m1/s1. The molecule has 5 aromatic rings. The highest BCUT2D eigenvalue weighted by atomic mass is 35.5. The Labute approximate surface area is 306 Å². The van der Waals surface area contributed by atoms with E-state index < -0.39 is 46.1 Å². The molecule has 52 heavy (non-hydrogen) atoms. The Balaban J connectivity index is 1.25. The molecule has 1 aliphatic rings. The van der Waals surface area contributed by atoms with E-state index in [1.54, 1.807) is 91.0 Å². The van der Waals surface area contributed by atoms with Crippen molar-refractivity contribution in [1.82, 2.24) is 19.5 Å². The second-order valence-corrected chi connectivity index (χ2v) is 17.0. The molecular weight excluding hydrogens is 732 g/mol. The minimum atomic E-state index is -4.46. The van der Waals surface area contributed by atoms with Crippen LogP contribution in [0.4, 0.5) is 5.82 Å². The number of fused-ring (bicyclic) bond motifs is 1. The Morgan fingerprint density at radius 3 is 1.88 bits per heavy atom. The maximum Gasteiger partial charge on any atom is 0.444 e. The average Bonchev–Trinajstić information content (AvgIpc) is 3.83. The molecule has 0 spiro atoms. The highest BCUT2D eigenvalue weighted by Gasteiger charge is 2.44. The maximum atomic E-state index is 14.6. The van der Waals surface area contributed by atoms with Crippen LogP contribution in [0.3, 0.4) is 0 Å². The van der Waals surface area contributed by atoms with Crippen molar-refractivity contribution in [3.63, 3.8) is 0 Å². The second-order valence-electron chi connectivity index (χ2n) is 12.2. The van der Waals surface area contributed by atoms with Crippen molar-refractivity contribution in [2.75, 3.05) is 31.6 Å². The fraction of sp³-hybridized carbons (Fsp3) is 0.343. The van der Waals surface area contributed by atoms with E-state index in [4.69, 9.17) is 34.4 Å². The van der Waals surface area contributed by atoms with Crippen molar-refractivity contribution < 1.29 is 42.2 Å². The third-order valence-electron chi connectivity index (χ3n) is 8.60. The summed E-state index contributed by atoms with van der Waals surface area (Å²) in [6.45, 7) is -0.576. The van der Waals surface area contributed by atoms with Crippen LogP contribution in [0.15, 0.2) is 97.3 Å². The number of rotatable bonds is 17. The maximum absolute atomic E-state index is 14.6. The first-order valence-corrected chi connectivity index (χ1v) is 20.5. The van der Waals surface area contributed by atoms with Crippen molar-refractivity contribution in [3.05, 3.63) is 103 Å². The number of methoxy groups -OCH3 is 1. The van der Waals surface area contributed by atoms with Crippen LogP contribution < -0.4 is 18.5 Å². The molecule has 17 heteroatoms. The van der Waals surface area contributed by atoms with Crippen LogP contribution in [-0.4, -0.2) is 74.6 Å². The fourth-order valence-corrected chi connectivity index (χ4v) is 10.6. The van der Waals surface area contributed by atoms with E-state index in [0.717, 1.165) is 25.7 Å². The highest BCUT2D eigenvalue weighted by Crippen LogP contribution is 2.63. The molecule has 2 aromatic heterocycles. The number of benzene rings is 3. The number of nitrogens with zero attached hydrogens (tertiary/aromatic N) is 5. The first-order valence-electron chi connectivity index (χ1n) is 16.6. The molecule has 1 saturated carbocycles. The summed E-state index contributed by atoms with van der Waals surface area (Å²) < 4.78 is 59.3. The largest absolute Gasteiger partial charge is 0.444 e. The van der Waals surface area contributed by atoms with E-state index in [-0.39, 0.29) is 34.2 Å². The number of ether oxygens (including phenoxy) is 1. The molecule has 0 radical (unpaired) electrons. The quantitative estimate of drug-likeness (QED) is 0.0713. The molecule has 14 nitrogen and oxygen atoms in total. The van der Waals surface area contributed by atoms with Gasteiger partial charge in [-0.05, 0) is 60.8 Å². The van der Waals surface area contributed by atoms with Gasteiger partial charge in [0, 0.05) is 20.2 Å². The predicted molar refractivity (Wildman–Crippen MR) is 196 cm³/mol. The molecule has 0 saturated heterocycles. The minimum Gasteiger partial charge on any atom is -0.424 e. The van der Waals surface area contributed by atoms with E-state index in [9.17, 15) is 19.3 Å². The van der Waals surface area contributed by atoms with Gasteiger partial charge in [0.15, 0.2) is 29.1 Å². The first kappa shape index (κ1) is 37.7. The van der Waals surface area contributed by atoms with Gasteiger partial charge in [-0.25, -0.2) is 14.1 Å². The summed E-state index contributed by atoms with van der Waals surface area (Å²) in [5, 5.41) is 22.8. The Hall–Kier alpha value is -4.00. The second kappa shape index (κ2) is 16.8. The zero-order valence-electron chi connectivity index (χ0n) is 28.6. The summed E-state index contributed by atoms with van der Waals surface area (Å²) in [5.74, 6) is 0.247. The van der Waals surface area contributed by atoms with Gasteiger partial charge < -0.3 is 33.4 Å². The van der Waals surface area contributed by atoms with Gasteiger partial charge in [0.25, 0.3) is 0 Å². The molecule has 3 aromatic carbocycles. The average molecular weight is 772 g/mol. The third kappa shape index (κ3) is 9.13. The van der Waals surface area contributed by atoms with Crippen LogP contribution in [0.2, 0.25) is 5.28 Å². The van der Waals surface area contributed by atoms with Gasteiger partial charge in [0.2, 0.25) is 5.28 Å². The Morgan fingerprint density at radius 1 is 0.846 bits per heavy atom. The molecule has 1 fully saturated rings. The molecule has 1 aliphatic carbocycles. The predicted octanol–water partition coefficient (Wildman–Crippen LogP) is 7.32. The Kier molecular flexibility index (Phi) is 12.2. The monoisotopic (exact) mass is 771 g/mol. The van der Waals surface area contributed by atoms with E-state index in [2.05, 4.69) is 15.0 Å². The lowest BCUT2D eigenvalue weighted by Gasteiger charge is -2.29. The van der Waals surface area contributed by atoms with Crippen molar-refractivity contribution in [3.8, 4) is 17.2 Å².